The van der Waals surface area contributed by atoms with Crippen LogP contribution in [0.15, 0.2) is 58.6 Å². The fourth-order valence-electron chi connectivity index (χ4n) is 2.55. The van der Waals surface area contributed by atoms with Crippen LogP contribution in [-0.4, -0.2) is 34.8 Å². The second-order valence-electron chi connectivity index (χ2n) is 6.09. The predicted octanol–water partition coefficient (Wildman–Crippen LogP) is 2.17. The number of thioether (sulfide) groups is 1. The minimum Gasteiger partial charge on any atom is -0.325 e. The van der Waals surface area contributed by atoms with Gasteiger partial charge in [-0.05, 0) is 36.8 Å². The van der Waals surface area contributed by atoms with Crippen molar-refractivity contribution >= 4 is 33.4 Å². The molecule has 1 heterocycles. The maximum absolute atomic E-state index is 12.2. The quantitative estimate of drug-likeness (QED) is 0.593. The number of nitrogens with two attached hydrogens (primary N) is 1. The van der Waals surface area contributed by atoms with E-state index in [0.29, 0.717) is 10.8 Å². The maximum Gasteiger partial charge on any atom is 0.238 e. The van der Waals surface area contributed by atoms with Crippen molar-refractivity contribution in [2.75, 3.05) is 11.1 Å². The van der Waals surface area contributed by atoms with Gasteiger partial charge >= 0.3 is 0 Å². The smallest absolute Gasteiger partial charge is 0.238 e. The molecule has 0 bridgehead atoms. The molecule has 0 spiro atoms. The number of carbonyl (C=O) groups is 1. The van der Waals surface area contributed by atoms with Crippen LogP contribution in [0.2, 0.25) is 0 Å². The van der Waals surface area contributed by atoms with Gasteiger partial charge in [0.05, 0.1) is 10.6 Å². The number of amides is 1. The lowest BCUT2D eigenvalue weighted by molar-refractivity contribution is -0.113. The van der Waals surface area contributed by atoms with Crippen molar-refractivity contribution in [1.82, 2.24) is 14.8 Å². The van der Waals surface area contributed by atoms with Crippen molar-refractivity contribution in [2.45, 2.75) is 17.0 Å². The highest BCUT2D eigenvalue weighted by molar-refractivity contribution is 7.99. The molecule has 28 heavy (non-hydrogen) atoms. The number of benzene rings is 2. The standard InChI is InChI=1S/C18H19N5O3S2/c1-12-5-3-4-6-15(12)17-21-22-18(23(17)2)27-11-16(24)20-13-7-9-14(10-8-13)28(19,25)26/h3-10H,11H2,1-2H3,(H,20,24)(H2,19,25,26). The molecule has 0 radical (unpaired) electrons. The molecule has 0 atom stereocenters. The summed E-state index contributed by atoms with van der Waals surface area (Å²) in [5.41, 5.74) is 2.57. The number of aryl methyl sites for hydroxylation is 1. The zero-order chi connectivity index (χ0) is 20.3. The number of anilines is 1. The van der Waals surface area contributed by atoms with E-state index in [1.165, 1.54) is 36.0 Å². The van der Waals surface area contributed by atoms with Crippen LogP contribution < -0.4 is 10.5 Å². The van der Waals surface area contributed by atoms with Gasteiger partial charge in [-0.1, -0.05) is 36.0 Å². The van der Waals surface area contributed by atoms with Gasteiger partial charge in [-0.25, -0.2) is 13.6 Å². The number of carbonyl (C=O) groups excluding carboxylic acids is 1. The summed E-state index contributed by atoms with van der Waals surface area (Å²) >= 11 is 1.26. The molecule has 0 unspecified atom stereocenters. The Morgan fingerprint density at radius 2 is 1.82 bits per heavy atom. The van der Waals surface area contributed by atoms with E-state index in [2.05, 4.69) is 15.5 Å². The Kier molecular flexibility index (Phi) is 5.82. The molecule has 0 saturated heterocycles. The van der Waals surface area contributed by atoms with Gasteiger partial charge in [0.2, 0.25) is 15.9 Å². The van der Waals surface area contributed by atoms with E-state index >= 15 is 0 Å². The average Bonchev–Trinajstić information content (AvgIpc) is 3.00. The number of sulfonamides is 1. The van der Waals surface area contributed by atoms with E-state index < -0.39 is 10.0 Å². The lowest BCUT2D eigenvalue weighted by Crippen LogP contribution is -2.15. The normalized spacial score (nSPS) is 11.4. The number of nitrogens with one attached hydrogen (secondary N) is 1. The van der Waals surface area contributed by atoms with Gasteiger partial charge in [-0.3, -0.25) is 4.79 Å². The van der Waals surface area contributed by atoms with Crippen molar-refractivity contribution in [3.8, 4) is 11.4 Å². The van der Waals surface area contributed by atoms with Crippen LogP contribution in [0.25, 0.3) is 11.4 Å². The minimum atomic E-state index is -3.76. The fraction of sp³-hybridized carbons (Fsp3) is 0.167. The molecular formula is C18H19N5O3S2. The second-order valence-corrected chi connectivity index (χ2v) is 8.59. The summed E-state index contributed by atoms with van der Waals surface area (Å²) in [5.74, 6) is 0.629. The first kappa shape index (κ1) is 20.1. The molecular weight excluding hydrogens is 398 g/mol. The number of primary sulfonamides is 1. The summed E-state index contributed by atoms with van der Waals surface area (Å²) in [7, 11) is -1.90. The van der Waals surface area contributed by atoms with Crippen LogP contribution in [0.3, 0.4) is 0 Å². The highest BCUT2D eigenvalue weighted by Crippen LogP contribution is 2.25. The second kappa shape index (κ2) is 8.13. The SMILES string of the molecule is Cc1ccccc1-c1nnc(SCC(=O)Nc2ccc(S(N)(=O)=O)cc2)n1C. The van der Waals surface area contributed by atoms with Gasteiger partial charge in [0, 0.05) is 18.3 Å². The molecule has 0 aliphatic carbocycles. The van der Waals surface area contributed by atoms with Crippen LogP contribution in [-0.2, 0) is 21.9 Å². The Balaban J connectivity index is 1.63. The van der Waals surface area contributed by atoms with Gasteiger partial charge < -0.3 is 9.88 Å². The third kappa shape index (κ3) is 4.58. The maximum atomic E-state index is 12.2. The Morgan fingerprint density at radius 3 is 2.46 bits per heavy atom. The number of hydrogen-bond donors (Lipinski definition) is 2. The molecule has 3 N–H and O–H groups in total. The average molecular weight is 418 g/mol. The monoisotopic (exact) mass is 417 g/mol. The molecule has 8 nitrogen and oxygen atoms in total. The number of aromatic nitrogens is 3. The lowest BCUT2D eigenvalue weighted by atomic mass is 10.1. The van der Waals surface area contributed by atoms with Gasteiger partial charge in [0.1, 0.15) is 0 Å². The van der Waals surface area contributed by atoms with Crippen molar-refractivity contribution < 1.29 is 13.2 Å². The highest BCUT2D eigenvalue weighted by atomic mass is 32.2. The predicted molar refractivity (Wildman–Crippen MR) is 108 cm³/mol. The van der Waals surface area contributed by atoms with Gasteiger partial charge in [-0.2, -0.15) is 0 Å². The third-order valence-electron chi connectivity index (χ3n) is 4.02. The molecule has 0 saturated carbocycles. The van der Waals surface area contributed by atoms with Crippen LogP contribution in [0.1, 0.15) is 5.56 Å². The third-order valence-corrected chi connectivity index (χ3v) is 5.97. The summed E-state index contributed by atoms with van der Waals surface area (Å²) in [6, 6.07) is 13.5. The zero-order valence-corrected chi connectivity index (χ0v) is 16.9. The molecule has 2 aromatic carbocycles. The summed E-state index contributed by atoms with van der Waals surface area (Å²) in [6.45, 7) is 2.01. The first-order valence-electron chi connectivity index (χ1n) is 8.26. The number of rotatable bonds is 6. The minimum absolute atomic E-state index is 0.0114. The summed E-state index contributed by atoms with van der Waals surface area (Å²) < 4.78 is 24.4. The lowest BCUT2D eigenvalue weighted by Gasteiger charge is -2.07. The molecule has 1 amide bonds. The Morgan fingerprint density at radius 1 is 1.14 bits per heavy atom. The Labute approximate surface area is 167 Å². The first-order chi connectivity index (χ1) is 13.3. The highest BCUT2D eigenvalue weighted by Gasteiger charge is 2.14. The number of nitrogens with zero attached hydrogens (tertiary/aromatic N) is 3. The van der Waals surface area contributed by atoms with Crippen LogP contribution >= 0.6 is 11.8 Å². The summed E-state index contributed by atoms with van der Waals surface area (Å²) in [4.78, 5) is 12.2. The molecule has 1 aromatic heterocycles. The van der Waals surface area contributed by atoms with E-state index in [4.69, 9.17) is 5.14 Å². The van der Waals surface area contributed by atoms with Crippen molar-refractivity contribution in [1.29, 1.82) is 0 Å². The van der Waals surface area contributed by atoms with E-state index in [-0.39, 0.29) is 16.6 Å². The van der Waals surface area contributed by atoms with Crippen LogP contribution in [0.4, 0.5) is 5.69 Å². The van der Waals surface area contributed by atoms with Crippen molar-refractivity contribution in [2.24, 2.45) is 12.2 Å². The molecule has 146 valence electrons. The summed E-state index contributed by atoms with van der Waals surface area (Å²) in [6.07, 6.45) is 0. The number of hydrogen-bond acceptors (Lipinski definition) is 6. The Hall–Kier alpha value is -2.69. The molecule has 3 rings (SSSR count). The largest absolute Gasteiger partial charge is 0.325 e. The van der Waals surface area contributed by atoms with E-state index in [1.54, 1.807) is 0 Å². The van der Waals surface area contributed by atoms with Crippen molar-refractivity contribution in [3.05, 3.63) is 54.1 Å². The van der Waals surface area contributed by atoms with Crippen molar-refractivity contribution in [3.63, 3.8) is 0 Å². The van der Waals surface area contributed by atoms with Crippen LogP contribution in [0.5, 0.6) is 0 Å². The van der Waals surface area contributed by atoms with E-state index in [1.807, 2.05) is 42.8 Å². The summed E-state index contributed by atoms with van der Waals surface area (Å²) in [5, 5.41) is 16.8. The van der Waals surface area contributed by atoms with Gasteiger partial charge in [0.25, 0.3) is 0 Å². The molecule has 0 aliphatic heterocycles. The van der Waals surface area contributed by atoms with Crippen LogP contribution in [0, 0.1) is 6.92 Å². The van der Waals surface area contributed by atoms with E-state index in [9.17, 15) is 13.2 Å². The molecule has 0 fully saturated rings. The molecule has 0 aliphatic rings. The first-order valence-corrected chi connectivity index (χ1v) is 10.8. The topological polar surface area (TPSA) is 120 Å². The van der Waals surface area contributed by atoms with Gasteiger partial charge in [0.15, 0.2) is 11.0 Å². The molecule has 3 aromatic rings. The molecule has 10 heteroatoms. The zero-order valence-electron chi connectivity index (χ0n) is 15.3. The fourth-order valence-corrected chi connectivity index (χ4v) is 3.78. The Bertz CT molecular complexity index is 1110. The van der Waals surface area contributed by atoms with Gasteiger partial charge in [-0.15, -0.1) is 10.2 Å². The van der Waals surface area contributed by atoms with E-state index in [0.717, 1.165) is 17.0 Å².